The Labute approximate surface area is 112 Å². The SMILES string of the molecule is CCOc1ccc(Br)c2c1CCC(C)CC2N. The van der Waals surface area contributed by atoms with Crippen molar-refractivity contribution in [3.05, 3.63) is 27.7 Å². The molecule has 0 aromatic heterocycles. The summed E-state index contributed by atoms with van der Waals surface area (Å²) in [6.07, 6.45) is 3.32. The maximum Gasteiger partial charge on any atom is 0.122 e. The molecular weight excluding hydrogens is 278 g/mol. The molecule has 94 valence electrons. The summed E-state index contributed by atoms with van der Waals surface area (Å²) in [6.45, 7) is 5.01. The number of benzene rings is 1. The molecule has 2 unspecified atom stereocenters. The largest absolute Gasteiger partial charge is 0.494 e. The first-order valence-electron chi connectivity index (χ1n) is 6.33. The Kier molecular flexibility index (Phi) is 4.10. The third-order valence-corrected chi connectivity index (χ3v) is 4.17. The fraction of sp³-hybridized carbons (Fsp3) is 0.571. The number of halogens is 1. The zero-order valence-electron chi connectivity index (χ0n) is 10.5. The van der Waals surface area contributed by atoms with Crippen LogP contribution in [0.4, 0.5) is 0 Å². The predicted molar refractivity (Wildman–Crippen MR) is 74.3 cm³/mol. The van der Waals surface area contributed by atoms with E-state index in [9.17, 15) is 0 Å². The minimum Gasteiger partial charge on any atom is -0.494 e. The van der Waals surface area contributed by atoms with E-state index in [1.165, 1.54) is 17.5 Å². The van der Waals surface area contributed by atoms with Crippen molar-refractivity contribution in [3.63, 3.8) is 0 Å². The van der Waals surface area contributed by atoms with E-state index in [0.29, 0.717) is 12.5 Å². The van der Waals surface area contributed by atoms with Crippen molar-refractivity contribution in [1.82, 2.24) is 0 Å². The maximum absolute atomic E-state index is 6.32. The normalized spacial score (nSPS) is 24.0. The molecule has 2 nitrogen and oxygen atoms in total. The highest BCUT2D eigenvalue weighted by atomic mass is 79.9. The Morgan fingerprint density at radius 1 is 1.47 bits per heavy atom. The monoisotopic (exact) mass is 297 g/mol. The first-order valence-corrected chi connectivity index (χ1v) is 7.12. The van der Waals surface area contributed by atoms with Gasteiger partial charge in [-0.2, -0.15) is 0 Å². The van der Waals surface area contributed by atoms with Crippen molar-refractivity contribution >= 4 is 15.9 Å². The quantitative estimate of drug-likeness (QED) is 0.842. The summed E-state index contributed by atoms with van der Waals surface area (Å²) in [5.74, 6) is 1.69. The van der Waals surface area contributed by atoms with E-state index in [0.717, 1.165) is 23.1 Å². The van der Waals surface area contributed by atoms with Gasteiger partial charge in [-0.3, -0.25) is 0 Å². The number of fused-ring (bicyclic) bond motifs is 1. The van der Waals surface area contributed by atoms with E-state index in [4.69, 9.17) is 10.5 Å². The lowest BCUT2D eigenvalue weighted by Gasteiger charge is -2.18. The van der Waals surface area contributed by atoms with Crippen LogP contribution < -0.4 is 10.5 Å². The molecule has 17 heavy (non-hydrogen) atoms. The Bertz CT molecular complexity index is 405. The van der Waals surface area contributed by atoms with E-state index >= 15 is 0 Å². The standard InChI is InChI=1S/C14H20BrNO/c1-3-17-13-7-6-11(15)14-10(13)5-4-9(2)8-12(14)16/h6-7,9,12H,3-5,8,16H2,1-2H3. The Balaban J connectivity index is 2.47. The van der Waals surface area contributed by atoms with Crippen molar-refractivity contribution in [1.29, 1.82) is 0 Å². The van der Waals surface area contributed by atoms with E-state index in [1.807, 2.05) is 6.92 Å². The summed E-state index contributed by atoms with van der Waals surface area (Å²) in [6, 6.07) is 4.23. The molecule has 3 heteroatoms. The number of hydrogen-bond acceptors (Lipinski definition) is 2. The summed E-state index contributed by atoms with van der Waals surface area (Å²) >= 11 is 3.63. The lowest BCUT2D eigenvalue weighted by Crippen LogP contribution is -2.14. The van der Waals surface area contributed by atoms with Gasteiger partial charge < -0.3 is 10.5 Å². The van der Waals surface area contributed by atoms with E-state index < -0.39 is 0 Å². The second kappa shape index (κ2) is 5.40. The molecule has 1 aromatic carbocycles. The van der Waals surface area contributed by atoms with E-state index in [2.05, 4.69) is 35.0 Å². The highest BCUT2D eigenvalue weighted by Crippen LogP contribution is 2.39. The van der Waals surface area contributed by atoms with Crippen LogP contribution in [-0.2, 0) is 6.42 Å². The topological polar surface area (TPSA) is 35.2 Å². The van der Waals surface area contributed by atoms with Crippen LogP contribution in [0.25, 0.3) is 0 Å². The van der Waals surface area contributed by atoms with Gasteiger partial charge in [0, 0.05) is 16.1 Å². The summed E-state index contributed by atoms with van der Waals surface area (Å²) in [7, 11) is 0. The molecular formula is C14H20BrNO. The molecule has 2 N–H and O–H groups in total. The number of nitrogens with two attached hydrogens (primary N) is 1. The third kappa shape index (κ3) is 2.66. The van der Waals surface area contributed by atoms with Gasteiger partial charge in [-0.15, -0.1) is 0 Å². The molecule has 0 saturated heterocycles. The molecule has 0 fully saturated rings. The van der Waals surface area contributed by atoms with Crippen LogP contribution in [0.1, 0.15) is 43.9 Å². The first-order chi connectivity index (χ1) is 8.13. The summed E-state index contributed by atoms with van der Waals surface area (Å²) < 4.78 is 6.84. The zero-order chi connectivity index (χ0) is 12.4. The molecule has 1 aliphatic rings. The number of ether oxygens (including phenoxy) is 1. The molecule has 2 atom stereocenters. The molecule has 0 amide bonds. The Morgan fingerprint density at radius 2 is 2.24 bits per heavy atom. The molecule has 1 aliphatic carbocycles. The van der Waals surface area contributed by atoms with E-state index in [-0.39, 0.29) is 6.04 Å². The van der Waals surface area contributed by atoms with Crippen LogP contribution in [0.15, 0.2) is 16.6 Å². The Morgan fingerprint density at radius 3 is 2.94 bits per heavy atom. The fourth-order valence-corrected chi connectivity index (χ4v) is 3.29. The van der Waals surface area contributed by atoms with Gasteiger partial charge in [0.1, 0.15) is 5.75 Å². The smallest absolute Gasteiger partial charge is 0.122 e. The van der Waals surface area contributed by atoms with Crippen LogP contribution in [0.2, 0.25) is 0 Å². The van der Waals surface area contributed by atoms with Crippen molar-refractivity contribution in [3.8, 4) is 5.75 Å². The highest BCUT2D eigenvalue weighted by molar-refractivity contribution is 9.10. The van der Waals surface area contributed by atoms with Crippen LogP contribution in [-0.4, -0.2) is 6.61 Å². The zero-order valence-corrected chi connectivity index (χ0v) is 12.1. The average Bonchev–Trinajstić information content (AvgIpc) is 2.43. The fourth-order valence-electron chi connectivity index (χ4n) is 2.63. The van der Waals surface area contributed by atoms with Gasteiger partial charge in [-0.25, -0.2) is 0 Å². The van der Waals surface area contributed by atoms with Gasteiger partial charge in [0.2, 0.25) is 0 Å². The lowest BCUT2D eigenvalue weighted by molar-refractivity contribution is 0.335. The van der Waals surface area contributed by atoms with Gasteiger partial charge in [0.05, 0.1) is 6.61 Å². The molecule has 0 bridgehead atoms. The highest BCUT2D eigenvalue weighted by Gasteiger charge is 2.24. The van der Waals surface area contributed by atoms with Crippen LogP contribution in [0.3, 0.4) is 0 Å². The molecule has 1 aromatic rings. The maximum atomic E-state index is 6.32. The van der Waals surface area contributed by atoms with Gasteiger partial charge >= 0.3 is 0 Å². The third-order valence-electron chi connectivity index (χ3n) is 3.47. The van der Waals surface area contributed by atoms with Gasteiger partial charge in [-0.1, -0.05) is 22.9 Å². The van der Waals surface area contributed by atoms with Crippen LogP contribution in [0.5, 0.6) is 5.75 Å². The molecule has 0 aliphatic heterocycles. The summed E-state index contributed by atoms with van der Waals surface area (Å²) in [5, 5.41) is 0. The molecule has 0 radical (unpaired) electrons. The van der Waals surface area contributed by atoms with Crippen molar-refractivity contribution in [2.45, 2.75) is 39.2 Å². The van der Waals surface area contributed by atoms with Gasteiger partial charge in [-0.05, 0) is 49.8 Å². The van der Waals surface area contributed by atoms with Gasteiger partial charge in [0.15, 0.2) is 0 Å². The van der Waals surface area contributed by atoms with Crippen molar-refractivity contribution in [2.24, 2.45) is 11.7 Å². The predicted octanol–water partition coefficient (Wildman–Crippen LogP) is 3.82. The second-order valence-electron chi connectivity index (χ2n) is 4.86. The lowest BCUT2D eigenvalue weighted by atomic mass is 9.97. The van der Waals surface area contributed by atoms with Gasteiger partial charge in [0.25, 0.3) is 0 Å². The number of hydrogen-bond donors (Lipinski definition) is 1. The summed E-state index contributed by atoms with van der Waals surface area (Å²) in [5.41, 5.74) is 8.87. The van der Waals surface area contributed by atoms with E-state index in [1.54, 1.807) is 0 Å². The van der Waals surface area contributed by atoms with Crippen molar-refractivity contribution < 1.29 is 4.74 Å². The minimum atomic E-state index is 0.122. The molecule has 0 heterocycles. The average molecular weight is 298 g/mol. The van der Waals surface area contributed by atoms with Crippen LogP contribution in [0, 0.1) is 5.92 Å². The second-order valence-corrected chi connectivity index (χ2v) is 5.71. The molecule has 2 rings (SSSR count). The Hall–Kier alpha value is -0.540. The number of rotatable bonds is 2. The summed E-state index contributed by atoms with van der Waals surface area (Å²) in [4.78, 5) is 0. The molecule has 0 spiro atoms. The first kappa shape index (κ1) is 12.9. The minimum absolute atomic E-state index is 0.122. The molecule has 0 saturated carbocycles. The van der Waals surface area contributed by atoms with Crippen molar-refractivity contribution in [2.75, 3.05) is 6.61 Å². The van der Waals surface area contributed by atoms with Crippen LogP contribution >= 0.6 is 15.9 Å².